The summed E-state index contributed by atoms with van der Waals surface area (Å²) in [6.45, 7) is 4.60. The van der Waals surface area contributed by atoms with Gasteiger partial charge in [0.2, 0.25) is 0 Å². The van der Waals surface area contributed by atoms with Crippen molar-refractivity contribution in [2.24, 2.45) is 5.73 Å². The Hall–Kier alpha value is -1.23. The number of nitrogens with two attached hydrogens (primary N) is 1. The highest BCUT2D eigenvalue weighted by molar-refractivity contribution is 5.53. The molecule has 112 valence electrons. The first-order valence-electron chi connectivity index (χ1n) is 7.01. The molecule has 20 heavy (non-hydrogen) atoms. The van der Waals surface area contributed by atoms with Crippen LogP contribution in [0.3, 0.4) is 0 Å². The van der Waals surface area contributed by atoms with Gasteiger partial charge in [-0.2, -0.15) is 13.2 Å². The van der Waals surface area contributed by atoms with Gasteiger partial charge in [0.25, 0.3) is 0 Å². The van der Waals surface area contributed by atoms with E-state index in [2.05, 4.69) is 6.92 Å². The van der Waals surface area contributed by atoms with Crippen LogP contribution in [0.25, 0.3) is 0 Å². The Labute approximate surface area is 117 Å². The van der Waals surface area contributed by atoms with Gasteiger partial charge in [0.15, 0.2) is 0 Å². The van der Waals surface area contributed by atoms with Crippen molar-refractivity contribution >= 4 is 5.69 Å². The molecule has 2 unspecified atom stereocenters. The molecule has 2 N–H and O–H groups in total. The maximum absolute atomic E-state index is 13.2. The van der Waals surface area contributed by atoms with Crippen molar-refractivity contribution in [2.45, 2.75) is 51.4 Å². The molecule has 1 saturated heterocycles. The molecule has 0 bridgehead atoms. The zero-order valence-corrected chi connectivity index (χ0v) is 11.9. The smallest absolute Gasteiger partial charge is 0.369 e. The van der Waals surface area contributed by atoms with E-state index in [9.17, 15) is 13.2 Å². The highest BCUT2D eigenvalue weighted by Gasteiger charge is 2.34. The van der Waals surface area contributed by atoms with Gasteiger partial charge in [-0.3, -0.25) is 0 Å². The van der Waals surface area contributed by atoms with E-state index >= 15 is 0 Å². The predicted molar refractivity (Wildman–Crippen MR) is 74.8 cm³/mol. The van der Waals surface area contributed by atoms with Crippen molar-refractivity contribution in [1.82, 2.24) is 0 Å². The first-order chi connectivity index (χ1) is 9.29. The summed E-state index contributed by atoms with van der Waals surface area (Å²) < 4.78 is 39.6. The minimum absolute atomic E-state index is 0.241. The van der Waals surface area contributed by atoms with E-state index < -0.39 is 11.7 Å². The molecule has 1 aliphatic heterocycles. The van der Waals surface area contributed by atoms with Gasteiger partial charge in [0, 0.05) is 24.3 Å². The third-order valence-corrected chi connectivity index (χ3v) is 3.83. The summed E-state index contributed by atoms with van der Waals surface area (Å²) in [6.07, 6.45) is -2.03. The third-order valence-electron chi connectivity index (χ3n) is 3.83. The number of benzene rings is 1. The second kappa shape index (κ2) is 5.64. The SMILES string of the molecule is CC(N)Cc1ccc(N2CCCC2C)cc1C(F)(F)F. The molecule has 1 aromatic carbocycles. The Balaban J connectivity index is 2.38. The average Bonchev–Trinajstić information content (AvgIpc) is 2.74. The lowest BCUT2D eigenvalue weighted by Gasteiger charge is -2.26. The minimum atomic E-state index is -4.33. The number of hydrogen-bond donors (Lipinski definition) is 1. The quantitative estimate of drug-likeness (QED) is 0.920. The molecule has 0 aliphatic carbocycles. The molecule has 0 radical (unpaired) electrons. The molecule has 0 saturated carbocycles. The molecular formula is C15H21F3N2. The van der Waals surface area contributed by atoms with E-state index in [4.69, 9.17) is 5.73 Å². The molecule has 1 aliphatic rings. The summed E-state index contributed by atoms with van der Waals surface area (Å²) in [5.41, 5.74) is 6.03. The van der Waals surface area contributed by atoms with Gasteiger partial charge in [-0.05, 0) is 50.8 Å². The van der Waals surface area contributed by atoms with Crippen LogP contribution < -0.4 is 10.6 Å². The largest absolute Gasteiger partial charge is 0.416 e. The average molecular weight is 286 g/mol. The van der Waals surface area contributed by atoms with Gasteiger partial charge < -0.3 is 10.6 Å². The van der Waals surface area contributed by atoms with Crippen LogP contribution in [-0.2, 0) is 12.6 Å². The first kappa shape index (κ1) is 15.2. The fraction of sp³-hybridized carbons (Fsp3) is 0.600. The van der Waals surface area contributed by atoms with Crippen LogP contribution >= 0.6 is 0 Å². The van der Waals surface area contributed by atoms with Gasteiger partial charge >= 0.3 is 6.18 Å². The standard InChI is InChI=1S/C15H21F3N2/c1-10(19)8-12-5-6-13(9-14(12)15(16,17)18)20-7-3-4-11(20)2/h5-6,9-11H,3-4,7-8,19H2,1-2H3. The second-order valence-corrected chi connectivity index (χ2v) is 5.71. The molecule has 1 heterocycles. The Bertz CT molecular complexity index is 469. The number of alkyl halides is 3. The third kappa shape index (κ3) is 3.26. The zero-order chi connectivity index (χ0) is 14.9. The van der Waals surface area contributed by atoms with E-state index in [0.29, 0.717) is 11.7 Å². The predicted octanol–water partition coefficient (Wildman–Crippen LogP) is 3.58. The Morgan fingerprint density at radius 1 is 1.40 bits per heavy atom. The Kier molecular flexibility index (Phi) is 4.28. The van der Waals surface area contributed by atoms with E-state index in [0.717, 1.165) is 19.4 Å². The normalized spacial score (nSPS) is 21.3. The Morgan fingerprint density at radius 3 is 2.60 bits per heavy atom. The summed E-state index contributed by atoms with van der Waals surface area (Å²) in [7, 11) is 0. The summed E-state index contributed by atoms with van der Waals surface area (Å²) in [6, 6.07) is 4.66. The van der Waals surface area contributed by atoms with E-state index in [-0.39, 0.29) is 18.0 Å². The summed E-state index contributed by atoms with van der Waals surface area (Å²) >= 11 is 0. The minimum Gasteiger partial charge on any atom is -0.369 e. The Morgan fingerprint density at radius 2 is 2.10 bits per heavy atom. The summed E-state index contributed by atoms with van der Waals surface area (Å²) in [4.78, 5) is 2.05. The van der Waals surface area contributed by atoms with Crippen LogP contribution in [0.1, 0.15) is 37.8 Å². The number of nitrogens with zero attached hydrogens (tertiary/aromatic N) is 1. The molecule has 1 fully saturated rings. The fourth-order valence-corrected chi connectivity index (χ4v) is 2.85. The molecule has 0 amide bonds. The maximum Gasteiger partial charge on any atom is 0.416 e. The molecule has 0 spiro atoms. The monoisotopic (exact) mass is 286 g/mol. The summed E-state index contributed by atoms with van der Waals surface area (Å²) in [5, 5.41) is 0. The molecule has 2 nitrogen and oxygen atoms in total. The number of halogens is 3. The van der Waals surface area contributed by atoms with Crippen LogP contribution in [-0.4, -0.2) is 18.6 Å². The van der Waals surface area contributed by atoms with Crippen molar-refractivity contribution in [2.75, 3.05) is 11.4 Å². The molecule has 5 heteroatoms. The molecule has 1 aromatic rings. The topological polar surface area (TPSA) is 29.3 Å². The van der Waals surface area contributed by atoms with E-state index in [1.807, 2.05) is 4.90 Å². The summed E-state index contributed by atoms with van der Waals surface area (Å²) in [5.74, 6) is 0. The van der Waals surface area contributed by atoms with Gasteiger partial charge in [-0.15, -0.1) is 0 Å². The highest BCUT2D eigenvalue weighted by atomic mass is 19.4. The lowest BCUT2D eigenvalue weighted by Crippen LogP contribution is -2.27. The lowest BCUT2D eigenvalue weighted by atomic mass is 9.99. The second-order valence-electron chi connectivity index (χ2n) is 5.71. The van der Waals surface area contributed by atoms with Crippen LogP contribution in [0.2, 0.25) is 0 Å². The van der Waals surface area contributed by atoms with Crippen molar-refractivity contribution in [1.29, 1.82) is 0 Å². The fourth-order valence-electron chi connectivity index (χ4n) is 2.85. The van der Waals surface area contributed by atoms with Crippen molar-refractivity contribution in [3.05, 3.63) is 29.3 Å². The van der Waals surface area contributed by atoms with Crippen LogP contribution in [0.5, 0.6) is 0 Å². The van der Waals surface area contributed by atoms with Gasteiger partial charge in [-0.25, -0.2) is 0 Å². The zero-order valence-electron chi connectivity index (χ0n) is 11.9. The van der Waals surface area contributed by atoms with E-state index in [1.165, 1.54) is 6.07 Å². The first-order valence-corrected chi connectivity index (χ1v) is 7.01. The number of hydrogen-bond acceptors (Lipinski definition) is 2. The maximum atomic E-state index is 13.2. The van der Waals surface area contributed by atoms with Gasteiger partial charge in [0.1, 0.15) is 0 Å². The van der Waals surface area contributed by atoms with Crippen LogP contribution in [0.15, 0.2) is 18.2 Å². The van der Waals surface area contributed by atoms with Crippen molar-refractivity contribution in [3.63, 3.8) is 0 Å². The molecule has 2 atom stereocenters. The van der Waals surface area contributed by atoms with Crippen molar-refractivity contribution < 1.29 is 13.2 Å². The lowest BCUT2D eigenvalue weighted by molar-refractivity contribution is -0.138. The van der Waals surface area contributed by atoms with Crippen molar-refractivity contribution in [3.8, 4) is 0 Å². The molecule has 2 rings (SSSR count). The number of anilines is 1. The van der Waals surface area contributed by atoms with Gasteiger partial charge in [-0.1, -0.05) is 6.07 Å². The van der Waals surface area contributed by atoms with Crippen LogP contribution in [0.4, 0.5) is 18.9 Å². The number of rotatable bonds is 3. The van der Waals surface area contributed by atoms with Crippen LogP contribution in [0, 0.1) is 0 Å². The highest BCUT2D eigenvalue weighted by Crippen LogP contribution is 2.36. The molecular weight excluding hydrogens is 265 g/mol. The molecule has 0 aromatic heterocycles. The van der Waals surface area contributed by atoms with E-state index in [1.54, 1.807) is 19.1 Å². The van der Waals surface area contributed by atoms with Gasteiger partial charge in [0.05, 0.1) is 5.56 Å².